The number of aromatic nitrogens is 1. The highest BCUT2D eigenvalue weighted by atomic mass is 16.6. The minimum Gasteiger partial charge on any atom is -0.493 e. The molecule has 0 saturated carbocycles. The number of hydrogen-bond acceptors (Lipinski definition) is 5. The number of benzene rings is 2. The van der Waals surface area contributed by atoms with Gasteiger partial charge in [-0.2, -0.15) is 0 Å². The molecule has 23 heavy (non-hydrogen) atoms. The van der Waals surface area contributed by atoms with E-state index < -0.39 is 4.92 Å². The normalized spacial score (nSPS) is 10.4. The van der Waals surface area contributed by atoms with Crippen molar-refractivity contribution < 1.29 is 14.2 Å². The molecule has 0 aliphatic heterocycles. The lowest BCUT2D eigenvalue weighted by Crippen LogP contribution is -2.01. The van der Waals surface area contributed by atoms with Gasteiger partial charge < -0.3 is 9.26 Å². The Morgan fingerprint density at radius 3 is 2.65 bits per heavy atom. The van der Waals surface area contributed by atoms with Crippen molar-refractivity contribution in [3.63, 3.8) is 0 Å². The average Bonchev–Trinajstić information content (AvgIpc) is 3.10. The standard InChI is InChI=1S/C17H14N2O4/c20-19(21)15-3-1-2-13(12-15)9-11-22-16-6-4-14(5-7-16)17-8-10-18-23-17/h1-8,10,12H,9,11H2. The topological polar surface area (TPSA) is 78.4 Å². The van der Waals surface area contributed by atoms with Crippen LogP contribution in [0.3, 0.4) is 0 Å². The van der Waals surface area contributed by atoms with E-state index in [1.54, 1.807) is 24.4 Å². The smallest absolute Gasteiger partial charge is 0.269 e. The van der Waals surface area contributed by atoms with Gasteiger partial charge in [0, 0.05) is 30.2 Å². The first-order valence-corrected chi connectivity index (χ1v) is 7.09. The molecule has 0 amide bonds. The molecule has 0 fully saturated rings. The molecular formula is C17H14N2O4. The molecule has 0 radical (unpaired) electrons. The molecule has 1 heterocycles. The highest BCUT2D eigenvalue weighted by molar-refractivity contribution is 5.57. The van der Waals surface area contributed by atoms with Gasteiger partial charge in [-0.25, -0.2) is 0 Å². The second-order valence-electron chi connectivity index (χ2n) is 4.93. The van der Waals surface area contributed by atoms with E-state index in [4.69, 9.17) is 9.26 Å². The quantitative estimate of drug-likeness (QED) is 0.510. The number of hydrogen-bond donors (Lipinski definition) is 0. The SMILES string of the molecule is O=[N+]([O-])c1cccc(CCOc2ccc(-c3ccno3)cc2)c1. The summed E-state index contributed by atoms with van der Waals surface area (Å²) in [5, 5.41) is 14.4. The number of nitro groups is 1. The van der Waals surface area contributed by atoms with E-state index in [0.29, 0.717) is 18.8 Å². The third-order valence-corrected chi connectivity index (χ3v) is 3.36. The Morgan fingerprint density at radius 2 is 1.96 bits per heavy atom. The van der Waals surface area contributed by atoms with Crippen molar-refractivity contribution in [1.29, 1.82) is 0 Å². The summed E-state index contributed by atoms with van der Waals surface area (Å²) in [6.45, 7) is 0.447. The summed E-state index contributed by atoms with van der Waals surface area (Å²) in [6, 6.07) is 15.9. The van der Waals surface area contributed by atoms with Gasteiger partial charge in [-0.05, 0) is 29.8 Å². The Balaban J connectivity index is 1.56. The minimum atomic E-state index is -0.396. The van der Waals surface area contributed by atoms with Crippen molar-refractivity contribution in [3.8, 4) is 17.1 Å². The number of nitro benzene ring substituents is 1. The molecule has 0 spiro atoms. The van der Waals surface area contributed by atoms with Gasteiger partial charge in [-0.15, -0.1) is 0 Å². The van der Waals surface area contributed by atoms with Crippen LogP contribution in [0.5, 0.6) is 5.75 Å². The summed E-state index contributed by atoms with van der Waals surface area (Å²) in [6.07, 6.45) is 2.20. The third-order valence-electron chi connectivity index (χ3n) is 3.36. The Morgan fingerprint density at radius 1 is 1.13 bits per heavy atom. The number of nitrogens with zero attached hydrogens (tertiary/aromatic N) is 2. The predicted octanol–water partition coefficient (Wildman–Crippen LogP) is 3.87. The van der Waals surface area contributed by atoms with E-state index >= 15 is 0 Å². The van der Waals surface area contributed by atoms with Crippen molar-refractivity contribution in [1.82, 2.24) is 5.16 Å². The summed E-state index contributed by atoms with van der Waals surface area (Å²) in [5.74, 6) is 1.44. The van der Waals surface area contributed by atoms with Crippen LogP contribution in [-0.2, 0) is 6.42 Å². The number of ether oxygens (including phenoxy) is 1. The van der Waals surface area contributed by atoms with E-state index in [1.807, 2.05) is 30.3 Å². The van der Waals surface area contributed by atoms with E-state index in [0.717, 1.165) is 16.9 Å². The van der Waals surface area contributed by atoms with Crippen LogP contribution >= 0.6 is 0 Å². The minimum absolute atomic E-state index is 0.0962. The van der Waals surface area contributed by atoms with Crippen LogP contribution in [0.25, 0.3) is 11.3 Å². The first kappa shape index (κ1) is 14.8. The van der Waals surface area contributed by atoms with Gasteiger partial charge in [0.15, 0.2) is 5.76 Å². The average molecular weight is 310 g/mol. The molecule has 1 aromatic heterocycles. The van der Waals surface area contributed by atoms with Gasteiger partial charge in [0.05, 0.1) is 17.7 Å². The number of rotatable bonds is 6. The van der Waals surface area contributed by atoms with Crippen molar-refractivity contribution in [3.05, 3.63) is 76.5 Å². The van der Waals surface area contributed by atoms with Gasteiger partial charge >= 0.3 is 0 Å². The second-order valence-corrected chi connectivity index (χ2v) is 4.93. The zero-order chi connectivity index (χ0) is 16.1. The third kappa shape index (κ3) is 3.74. The lowest BCUT2D eigenvalue weighted by atomic mass is 10.1. The predicted molar refractivity (Wildman–Crippen MR) is 84.2 cm³/mol. The van der Waals surface area contributed by atoms with Crippen LogP contribution in [0, 0.1) is 10.1 Å². The Kier molecular flexibility index (Phi) is 4.33. The largest absolute Gasteiger partial charge is 0.493 e. The van der Waals surface area contributed by atoms with Crippen LogP contribution in [0.2, 0.25) is 0 Å². The molecule has 0 unspecified atom stereocenters. The molecule has 2 aromatic carbocycles. The van der Waals surface area contributed by atoms with E-state index in [9.17, 15) is 10.1 Å². The lowest BCUT2D eigenvalue weighted by Gasteiger charge is -2.06. The summed E-state index contributed by atoms with van der Waals surface area (Å²) in [5.41, 5.74) is 1.89. The maximum absolute atomic E-state index is 10.7. The monoisotopic (exact) mass is 310 g/mol. The molecule has 6 heteroatoms. The van der Waals surface area contributed by atoms with E-state index in [-0.39, 0.29) is 5.69 Å². The molecular weight excluding hydrogens is 296 g/mol. The molecule has 3 rings (SSSR count). The van der Waals surface area contributed by atoms with Gasteiger partial charge in [0.1, 0.15) is 5.75 Å². The summed E-state index contributed by atoms with van der Waals surface area (Å²) in [7, 11) is 0. The fourth-order valence-corrected chi connectivity index (χ4v) is 2.19. The van der Waals surface area contributed by atoms with E-state index in [2.05, 4.69) is 5.16 Å². The molecule has 0 atom stereocenters. The lowest BCUT2D eigenvalue weighted by molar-refractivity contribution is -0.384. The van der Waals surface area contributed by atoms with Crippen molar-refractivity contribution in [2.75, 3.05) is 6.61 Å². The Bertz CT molecular complexity index is 783. The fraction of sp³-hybridized carbons (Fsp3) is 0.118. The molecule has 116 valence electrons. The second kappa shape index (κ2) is 6.74. The molecule has 0 aliphatic carbocycles. The highest BCUT2D eigenvalue weighted by Gasteiger charge is 2.06. The number of non-ortho nitro benzene ring substituents is 1. The maximum Gasteiger partial charge on any atom is 0.269 e. The molecule has 3 aromatic rings. The first-order chi connectivity index (χ1) is 11.2. The Hall–Kier alpha value is -3.15. The van der Waals surface area contributed by atoms with Crippen LogP contribution in [0.15, 0.2) is 65.3 Å². The van der Waals surface area contributed by atoms with Gasteiger partial charge in [0.2, 0.25) is 0 Å². The zero-order valence-electron chi connectivity index (χ0n) is 12.2. The Labute approximate surface area is 132 Å². The van der Waals surface area contributed by atoms with Crippen LogP contribution in [0.1, 0.15) is 5.56 Å². The van der Waals surface area contributed by atoms with Gasteiger partial charge in [0.25, 0.3) is 5.69 Å². The fourth-order valence-electron chi connectivity index (χ4n) is 2.19. The molecule has 0 aliphatic rings. The molecule has 0 bridgehead atoms. The van der Waals surface area contributed by atoms with E-state index in [1.165, 1.54) is 6.07 Å². The molecule has 6 nitrogen and oxygen atoms in total. The van der Waals surface area contributed by atoms with Gasteiger partial charge in [-0.3, -0.25) is 10.1 Å². The summed E-state index contributed by atoms with van der Waals surface area (Å²) in [4.78, 5) is 10.3. The van der Waals surface area contributed by atoms with Gasteiger partial charge in [-0.1, -0.05) is 17.3 Å². The van der Waals surface area contributed by atoms with Crippen molar-refractivity contribution >= 4 is 5.69 Å². The van der Waals surface area contributed by atoms with Crippen molar-refractivity contribution in [2.45, 2.75) is 6.42 Å². The molecule has 0 saturated heterocycles. The van der Waals surface area contributed by atoms with Crippen LogP contribution in [0.4, 0.5) is 5.69 Å². The first-order valence-electron chi connectivity index (χ1n) is 7.09. The zero-order valence-corrected chi connectivity index (χ0v) is 12.2. The highest BCUT2D eigenvalue weighted by Crippen LogP contribution is 2.22. The van der Waals surface area contributed by atoms with Crippen molar-refractivity contribution in [2.24, 2.45) is 0 Å². The van der Waals surface area contributed by atoms with Crippen LogP contribution < -0.4 is 4.74 Å². The summed E-state index contributed by atoms with van der Waals surface area (Å²) >= 11 is 0. The van der Waals surface area contributed by atoms with Crippen LogP contribution in [-0.4, -0.2) is 16.7 Å². The molecule has 0 N–H and O–H groups in total. The maximum atomic E-state index is 10.7. The summed E-state index contributed by atoms with van der Waals surface area (Å²) < 4.78 is 10.7.